The van der Waals surface area contributed by atoms with Crippen LogP contribution in [0.1, 0.15) is 307 Å². The maximum Gasteiger partial charge on any atom is 0.224 e. The zero-order valence-electron chi connectivity index (χ0n) is 45.5. The van der Waals surface area contributed by atoms with Crippen LogP contribution in [0.25, 0.3) is 16.9 Å². The van der Waals surface area contributed by atoms with E-state index in [4.69, 9.17) is 0 Å². The molecule has 0 saturated carbocycles. The molecule has 0 spiro atoms. The second kappa shape index (κ2) is 43.9. The molecule has 0 aliphatic carbocycles. The van der Waals surface area contributed by atoms with Gasteiger partial charge in [-0.1, -0.05) is 294 Å². The van der Waals surface area contributed by atoms with Gasteiger partial charge in [-0.3, -0.25) is 0 Å². The van der Waals surface area contributed by atoms with E-state index in [0.717, 1.165) is 72.2 Å². The summed E-state index contributed by atoms with van der Waals surface area (Å²) < 4.78 is 1.44. The molecular formula is C66H104N2Ni. The van der Waals surface area contributed by atoms with Gasteiger partial charge < -0.3 is 5.53 Å². The fraction of sp³-hybridized carbons (Fsp3) is 0.697. The fourth-order valence-corrected chi connectivity index (χ4v) is 10.0. The van der Waals surface area contributed by atoms with Gasteiger partial charge in [-0.15, -0.1) is 0 Å². The molecule has 0 N–H and O–H groups in total. The first kappa shape index (κ1) is 62.3. The molecule has 1 aliphatic heterocycles. The summed E-state index contributed by atoms with van der Waals surface area (Å²) in [5, 5.41) is 0. The molecule has 1 aliphatic rings. The van der Waals surface area contributed by atoms with Gasteiger partial charge in [0.1, 0.15) is 11.1 Å². The monoisotopic (exact) mass is 983 g/mol. The predicted molar refractivity (Wildman–Crippen MR) is 301 cm³/mol. The molecule has 3 rings (SSSR count). The summed E-state index contributed by atoms with van der Waals surface area (Å²) in [6.45, 7) is 9.12. The van der Waals surface area contributed by atoms with Gasteiger partial charge in [0.25, 0.3) is 0 Å². The number of rotatable bonds is 42. The number of hydrogen-bond acceptors (Lipinski definition) is 0. The summed E-state index contributed by atoms with van der Waals surface area (Å²) in [5.41, 5.74) is 20.3. The van der Waals surface area contributed by atoms with Crippen LogP contribution in [0.5, 0.6) is 0 Å². The van der Waals surface area contributed by atoms with Crippen molar-refractivity contribution in [1.82, 2.24) is 0 Å². The van der Waals surface area contributed by atoms with E-state index >= 15 is 0 Å². The zero-order valence-corrected chi connectivity index (χ0v) is 46.5. The first-order valence-electron chi connectivity index (χ1n) is 29.8. The topological polar surface area (TPSA) is 25.3 Å². The average molecular weight is 984 g/mol. The van der Waals surface area contributed by atoms with Crippen LogP contribution >= 0.6 is 0 Å². The molecule has 0 fully saturated rings. The van der Waals surface area contributed by atoms with Crippen molar-refractivity contribution in [3.63, 3.8) is 0 Å². The summed E-state index contributed by atoms with van der Waals surface area (Å²) in [7, 11) is 0. The minimum atomic E-state index is 0. The summed E-state index contributed by atoms with van der Waals surface area (Å²) in [6, 6.07) is 17.8. The third-order valence-corrected chi connectivity index (χ3v) is 14.5. The van der Waals surface area contributed by atoms with E-state index in [1.54, 1.807) is 0 Å². The SMILES string of the molecule is CCCCCC#CC1=C(c2ccc(CCCCCCCCCCCCCCCCC)cc2)[N+](=[N-])C(c2cccc(CCCCC)c2)=C1C#CCCCCCCCCCCCCCCCCCCC.[Ni]. The van der Waals surface area contributed by atoms with Crippen molar-refractivity contribution in [2.45, 2.75) is 297 Å². The molecule has 0 aromatic heterocycles. The third-order valence-electron chi connectivity index (χ3n) is 14.5. The third kappa shape index (κ3) is 28.7. The molecule has 69 heavy (non-hydrogen) atoms. The number of allylic oxidation sites excluding steroid dienone is 2. The predicted octanol–water partition coefficient (Wildman–Crippen LogP) is 21.6. The Hall–Kier alpha value is -2.87. The van der Waals surface area contributed by atoms with Crippen molar-refractivity contribution in [1.29, 1.82) is 0 Å². The molecule has 388 valence electrons. The molecule has 2 aromatic carbocycles. The Balaban J connectivity index is 0.0000163. The Bertz CT molecular complexity index is 1770. The van der Waals surface area contributed by atoms with Crippen LogP contribution in [0.4, 0.5) is 0 Å². The molecule has 3 heteroatoms. The summed E-state index contributed by atoms with van der Waals surface area (Å²) in [4.78, 5) is 0. The van der Waals surface area contributed by atoms with Crippen molar-refractivity contribution in [3.8, 4) is 23.7 Å². The zero-order chi connectivity index (χ0) is 48.4. The largest absolute Gasteiger partial charge is 0.493 e. The summed E-state index contributed by atoms with van der Waals surface area (Å²) >= 11 is 0. The Labute approximate surface area is 438 Å². The van der Waals surface area contributed by atoms with E-state index in [2.05, 4.69) is 99.9 Å². The molecule has 1 heterocycles. The van der Waals surface area contributed by atoms with Crippen LogP contribution < -0.4 is 0 Å². The summed E-state index contributed by atoms with van der Waals surface area (Å²) in [6.07, 6.45) is 55.3. The Morgan fingerprint density at radius 1 is 0.348 bits per heavy atom. The maximum absolute atomic E-state index is 12.3. The van der Waals surface area contributed by atoms with Crippen molar-refractivity contribution in [2.75, 3.05) is 0 Å². The van der Waals surface area contributed by atoms with Crippen molar-refractivity contribution >= 4 is 11.4 Å². The van der Waals surface area contributed by atoms with Gasteiger partial charge in [-0.2, -0.15) is 0 Å². The molecule has 2 aromatic rings. The second-order valence-corrected chi connectivity index (χ2v) is 20.8. The molecular weight excluding hydrogens is 879 g/mol. The number of nitrogens with zero attached hydrogens (tertiary/aromatic N) is 2. The molecule has 0 radical (unpaired) electrons. The minimum absolute atomic E-state index is 0. The van der Waals surface area contributed by atoms with Gasteiger partial charge in [0.2, 0.25) is 11.4 Å². The quantitative estimate of drug-likeness (QED) is 0.0274. The van der Waals surface area contributed by atoms with Gasteiger partial charge in [-0.25, -0.2) is 4.70 Å². The average Bonchev–Trinajstić information content (AvgIpc) is 3.63. The number of unbranched alkanes of at least 4 members (excludes halogenated alkanes) is 36. The van der Waals surface area contributed by atoms with Gasteiger partial charge in [0.05, 0.1) is 0 Å². The summed E-state index contributed by atoms with van der Waals surface area (Å²) in [5.74, 6) is 14.4. The van der Waals surface area contributed by atoms with Crippen LogP contribution in [-0.2, 0) is 29.3 Å². The van der Waals surface area contributed by atoms with Gasteiger partial charge >= 0.3 is 0 Å². The van der Waals surface area contributed by atoms with E-state index in [1.807, 2.05) is 0 Å². The first-order valence-corrected chi connectivity index (χ1v) is 29.8. The van der Waals surface area contributed by atoms with Crippen molar-refractivity contribution < 1.29 is 21.2 Å². The molecule has 0 saturated heterocycles. The van der Waals surface area contributed by atoms with Crippen LogP contribution in [0, 0.1) is 23.7 Å². The van der Waals surface area contributed by atoms with E-state index < -0.39 is 0 Å². The smallest absolute Gasteiger partial charge is 0.224 e. The number of aryl methyl sites for hydroxylation is 2. The Morgan fingerprint density at radius 3 is 1.10 bits per heavy atom. The van der Waals surface area contributed by atoms with Crippen LogP contribution in [0.2, 0.25) is 0 Å². The van der Waals surface area contributed by atoms with Crippen LogP contribution in [0.3, 0.4) is 0 Å². The fourth-order valence-electron chi connectivity index (χ4n) is 10.0. The minimum Gasteiger partial charge on any atom is -0.493 e. The van der Waals surface area contributed by atoms with E-state index in [9.17, 15) is 5.53 Å². The standard InChI is InChI=1S/C66H104N2.Ni/c1-5-9-13-16-18-20-22-24-26-27-28-29-31-33-35-37-39-42-46-53-64-63(52-45-40-15-11-7-3)65(68(67)66(64)62-51-47-50-60(58-62)49-43-12-8-4)61-56-54-59(55-57-61)48-44-41-38-36-34-32-30-25-23-21-19-17-14-10-6-2;/h47,50-51,54-58H,5-44,48-49H2,1-4H3;. The van der Waals surface area contributed by atoms with Crippen LogP contribution in [0.15, 0.2) is 59.7 Å². The van der Waals surface area contributed by atoms with Gasteiger partial charge in [0.15, 0.2) is 0 Å². The number of benzene rings is 2. The molecule has 0 amide bonds. The molecule has 0 bridgehead atoms. The van der Waals surface area contributed by atoms with Crippen LogP contribution in [-0.4, -0.2) is 4.70 Å². The van der Waals surface area contributed by atoms with Gasteiger partial charge in [-0.05, 0) is 73.9 Å². The Kier molecular flexibility index (Phi) is 39.6. The maximum atomic E-state index is 12.3. The first-order chi connectivity index (χ1) is 33.6. The van der Waals surface area contributed by atoms with Crippen molar-refractivity contribution in [2.24, 2.45) is 0 Å². The molecule has 0 atom stereocenters. The molecule has 2 nitrogen and oxygen atoms in total. The van der Waals surface area contributed by atoms with E-state index in [0.29, 0.717) is 0 Å². The van der Waals surface area contributed by atoms with E-state index in [1.165, 1.54) is 247 Å². The normalized spacial score (nSPS) is 12.3. The Morgan fingerprint density at radius 2 is 0.667 bits per heavy atom. The van der Waals surface area contributed by atoms with Crippen molar-refractivity contribution in [3.05, 3.63) is 87.5 Å². The number of hydrogen-bond donors (Lipinski definition) is 0. The molecule has 0 unspecified atom stereocenters. The van der Waals surface area contributed by atoms with Gasteiger partial charge in [0, 0.05) is 40.5 Å². The van der Waals surface area contributed by atoms with E-state index in [-0.39, 0.29) is 16.5 Å². The second-order valence-electron chi connectivity index (χ2n) is 20.8.